The van der Waals surface area contributed by atoms with Gasteiger partial charge in [0.1, 0.15) is 0 Å². The summed E-state index contributed by atoms with van der Waals surface area (Å²) in [5.41, 5.74) is 0.856. The lowest BCUT2D eigenvalue weighted by Crippen LogP contribution is -2.47. The molecule has 1 aromatic heterocycles. The summed E-state index contributed by atoms with van der Waals surface area (Å²) in [5, 5.41) is 3.00. The summed E-state index contributed by atoms with van der Waals surface area (Å²) in [7, 11) is -3.17. The Morgan fingerprint density at radius 2 is 1.93 bits per heavy atom. The van der Waals surface area contributed by atoms with E-state index in [4.69, 9.17) is 4.42 Å². The second-order valence-electron chi connectivity index (χ2n) is 6.84. The van der Waals surface area contributed by atoms with Gasteiger partial charge in [0.15, 0.2) is 5.76 Å². The van der Waals surface area contributed by atoms with Crippen LogP contribution in [-0.2, 0) is 15.8 Å². The number of furan rings is 1. The van der Waals surface area contributed by atoms with Crippen molar-refractivity contribution in [2.24, 2.45) is 0 Å². The minimum Gasteiger partial charge on any atom is -0.459 e. The Balaban J connectivity index is 1.53. The van der Waals surface area contributed by atoms with E-state index in [1.54, 1.807) is 11.8 Å². The summed E-state index contributed by atoms with van der Waals surface area (Å²) in [6, 6.07) is 11.8. The van der Waals surface area contributed by atoms with E-state index >= 15 is 0 Å². The van der Waals surface area contributed by atoms with E-state index in [0.29, 0.717) is 43.9 Å². The van der Waals surface area contributed by atoms with Crippen LogP contribution < -0.4 is 5.32 Å². The third kappa shape index (κ3) is 5.40. The molecule has 3 rings (SSSR count). The van der Waals surface area contributed by atoms with Crippen LogP contribution >= 0.6 is 11.8 Å². The number of sulfonamides is 1. The highest BCUT2D eigenvalue weighted by atomic mass is 32.2. The normalized spacial score (nSPS) is 16.2. The number of carbonyl (C=O) groups excluding carboxylic acids is 1. The monoisotopic (exact) mass is 422 g/mol. The summed E-state index contributed by atoms with van der Waals surface area (Å²) in [4.78, 5) is 13.8. The van der Waals surface area contributed by atoms with Crippen molar-refractivity contribution >= 4 is 27.7 Å². The molecule has 2 heterocycles. The fourth-order valence-electron chi connectivity index (χ4n) is 3.24. The molecule has 0 radical (unpaired) electrons. The fraction of sp³-hybridized carbons (Fsp3) is 0.450. The van der Waals surface area contributed by atoms with Gasteiger partial charge in [-0.05, 0) is 37.5 Å². The maximum absolute atomic E-state index is 12.6. The van der Waals surface area contributed by atoms with E-state index in [-0.39, 0.29) is 17.7 Å². The second-order valence-corrected chi connectivity index (χ2v) is 9.98. The Morgan fingerprint density at radius 1 is 1.21 bits per heavy atom. The van der Waals surface area contributed by atoms with Gasteiger partial charge in [-0.15, -0.1) is 11.8 Å². The highest BCUT2D eigenvalue weighted by molar-refractivity contribution is 7.98. The minimum absolute atomic E-state index is 0.0414. The van der Waals surface area contributed by atoms with Crippen LogP contribution in [0.5, 0.6) is 0 Å². The van der Waals surface area contributed by atoms with Gasteiger partial charge in [0.2, 0.25) is 10.0 Å². The van der Waals surface area contributed by atoms with E-state index in [1.807, 2.05) is 43.3 Å². The number of piperidine rings is 1. The van der Waals surface area contributed by atoms with Crippen molar-refractivity contribution in [1.29, 1.82) is 0 Å². The van der Waals surface area contributed by atoms with Crippen LogP contribution in [0.4, 0.5) is 0 Å². The van der Waals surface area contributed by atoms with Crippen molar-refractivity contribution in [2.75, 3.05) is 18.8 Å². The van der Waals surface area contributed by atoms with Crippen LogP contribution in [0, 0.1) is 0 Å². The average Bonchev–Trinajstić information content (AvgIpc) is 3.16. The molecule has 8 heteroatoms. The predicted octanol–water partition coefficient (Wildman–Crippen LogP) is 3.51. The van der Waals surface area contributed by atoms with Crippen LogP contribution in [-0.4, -0.2) is 43.5 Å². The van der Waals surface area contributed by atoms with E-state index in [1.165, 1.54) is 10.6 Å². The molecule has 1 aliphatic rings. The van der Waals surface area contributed by atoms with E-state index in [0.717, 1.165) is 10.5 Å². The molecule has 1 saturated heterocycles. The number of nitrogens with zero attached hydrogens (tertiary/aromatic N) is 1. The number of nitrogens with one attached hydrogen (secondary N) is 1. The lowest BCUT2D eigenvalue weighted by atomic mass is 10.1. The smallest absolute Gasteiger partial charge is 0.287 e. The molecule has 2 aromatic rings. The molecule has 152 valence electrons. The molecule has 0 unspecified atom stereocenters. The third-order valence-corrected chi connectivity index (χ3v) is 7.87. The largest absolute Gasteiger partial charge is 0.459 e. The summed E-state index contributed by atoms with van der Waals surface area (Å²) in [6.07, 6.45) is 3.38. The molecule has 0 aliphatic carbocycles. The summed E-state index contributed by atoms with van der Waals surface area (Å²) < 4.78 is 31.3. The minimum atomic E-state index is -3.17. The molecule has 0 saturated carbocycles. The zero-order chi connectivity index (χ0) is 20.0. The molecule has 0 bridgehead atoms. The van der Waals surface area contributed by atoms with Gasteiger partial charge >= 0.3 is 0 Å². The quantitative estimate of drug-likeness (QED) is 0.659. The van der Waals surface area contributed by atoms with E-state index < -0.39 is 10.0 Å². The summed E-state index contributed by atoms with van der Waals surface area (Å²) in [6.45, 7) is 2.76. The Labute approximate surface area is 170 Å². The Bertz CT molecular complexity index is 873. The lowest BCUT2D eigenvalue weighted by molar-refractivity contribution is 0.0894. The molecular formula is C20H26N2O4S2. The average molecular weight is 423 g/mol. The Hall–Kier alpha value is -1.77. The van der Waals surface area contributed by atoms with Crippen molar-refractivity contribution in [3.63, 3.8) is 0 Å². The zero-order valence-corrected chi connectivity index (χ0v) is 17.6. The third-order valence-electron chi connectivity index (χ3n) is 4.74. The molecule has 1 N–H and O–H groups in total. The molecule has 1 aliphatic heterocycles. The van der Waals surface area contributed by atoms with Crippen molar-refractivity contribution in [1.82, 2.24) is 9.62 Å². The van der Waals surface area contributed by atoms with Crippen molar-refractivity contribution in [3.05, 3.63) is 54.0 Å². The number of carbonyl (C=O) groups is 1. The number of hydrogen-bond acceptors (Lipinski definition) is 5. The van der Waals surface area contributed by atoms with Crippen LogP contribution in [0.3, 0.4) is 0 Å². The van der Waals surface area contributed by atoms with Crippen LogP contribution in [0.25, 0.3) is 0 Å². The van der Waals surface area contributed by atoms with Gasteiger partial charge in [0.05, 0.1) is 12.0 Å². The van der Waals surface area contributed by atoms with Gasteiger partial charge in [-0.1, -0.05) is 25.1 Å². The SMILES string of the molecule is CCCS(=O)(=O)N1CCC(NC(=O)c2occc2CSc2ccccc2)CC1. The van der Waals surface area contributed by atoms with Crippen molar-refractivity contribution in [2.45, 2.75) is 42.9 Å². The van der Waals surface area contributed by atoms with Crippen LogP contribution in [0.2, 0.25) is 0 Å². The number of rotatable bonds is 8. The first kappa shape index (κ1) is 21.0. The van der Waals surface area contributed by atoms with E-state index in [9.17, 15) is 13.2 Å². The molecule has 28 heavy (non-hydrogen) atoms. The van der Waals surface area contributed by atoms with Crippen LogP contribution in [0.1, 0.15) is 42.3 Å². The standard InChI is InChI=1S/C20H26N2O4S2/c1-2-14-28(24,25)22-11-8-17(9-12-22)21-20(23)19-16(10-13-26-19)15-27-18-6-4-3-5-7-18/h3-7,10,13,17H,2,8-9,11-12,14-15H2,1H3,(H,21,23). The fourth-order valence-corrected chi connectivity index (χ4v) is 5.68. The van der Waals surface area contributed by atoms with Gasteiger partial charge < -0.3 is 9.73 Å². The van der Waals surface area contributed by atoms with Gasteiger partial charge in [-0.2, -0.15) is 0 Å². The highest BCUT2D eigenvalue weighted by Crippen LogP contribution is 2.25. The predicted molar refractivity (Wildman–Crippen MR) is 111 cm³/mol. The first-order chi connectivity index (χ1) is 13.5. The molecule has 0 spiro atoms. The lowest BCUT2D eigenvalue weighted by Gasteiger charge is -2.31. The van der Waals surface area contributed by atoms with Gasteiger partial charge in [-0.3, -0.25) is 4.79 Å². The number of amides is 1. The molecule has 0 atom stereocenters. The zero-order valence-electron chi connectivity index (χ0n) is 16.0. The maximum atomic E-state index is 12.6. The first-order valence-corrected chi connectivity index (χ1v) is 12.1. The Kier molecular flexibility index (Phi) is 7.20. The first-order valence-electron chi connectivity index (χ1n) is 9.52. The number of hydrogen-bond donors (Lipinski definition) is 1. The van der Waals surface area contributed by atoms with Gasteiger partial charge in [0, 0.05) is 35.3 Å². The second kappa shape index (κ2) is 9.62. The molecule has 1 aromatic carbocycles. The van der Waals surface area contributed by atoms with E-state index in [2.05, 4.69) is 5.32 Å². The number of thioether (sulfide) groups is 1. The maximum Gasteiger partial charge on any atom is 0.287 e. The van der Waals surface area contributed by atoms with Gasteiger partial charge in [-0.25, -0.2) is 12.7 Å². The summed E-state index contributed by atoms with van der Waals surface area (Å²) in [5.74, 6) is 0.934. The molecule has 6 nitrogen and oxygen atoms in total. The van der Waals surface area contributed by atoms with Crippen molar-refractivity contribution < 1.29 is 17.6 Å². The topological polar surface area (TPSA) is 79.6 Å². The van der Waals surface area contributed by atoms with Crippen molar-refractivity contribution in [3.8, 4) is 0 Å². The summed E-state index contributed by atoms with van der Waals surface area (Å²) >= 11 is 1.65. The van der Waals surface area contributed by atoms with Gasteiger partial charge in [0.25, 0.3) is 5.91 Å². The molecular weight excluding hydrogens is 396 g/mol. The highest BCUT2D eigenvalue weighted by Gasteiger charge is 2.29. The Morgan fingerprint density at radius 3 is 2.61 bits per heavy atom. The molecule has 1 fully saturated rings. The molecule has 1 amide bonds. The van der Waals surface area contributed by atoms with Crippen LogP contribution in [0.15, 0.2) is 52.0 Å². The number of benzene rings is 1.